The maximum absolute atomic E-state index is 12.8. The lowest BCUT2D eigenvalue weighted by atomic mass is 9.95. The van der Waals surface area contributed by atoms with Crippen LogP contribution in [0.2, 0.25) is 4.34 Å². The number of hydrogen-bond acceptors (Lipinski definition) is 2. The average Bonchev–Trinajstić information content (AvgIpc) is 2.69. The predicted octanol–water partition coefficient (Wildman–Crippen LogP) is 3.99. The van der Waals surface area contributed by atoms with E-state index in [2.05, 4.69) is 0 Å². The van der Waals surface area contributed by atoms with Gasteiger partial charge in [-0.15, -0.1) is 11.3 Å². The summed E-state index contributed by atoms with van der Waals surface area (Å²) in [5.74, 6) is -0.271. The van der Waals surface area contributed by atoms with E-state index in [-0.39, 0.29) is 5.82 Å². The fraction of sp³-hybridized carbons (Fsp3) is 0.231. The molecule has 0 spiro atoms. The van der Waals surface area contributed by atoms with E-state index in [9.17, 15) is 9.50 Å². The van der Waals surface area contributed by atoms with Gasteiger partial charge in [0.05, 0.1) is 4.34 Å². The van der Waals surface area contributed by atoms with Gasteiger partial charge < -0.3 is 5.11 Å². The van der Waals surface area contributed by atoms with Crippen LogP contribution in [0.25, 0.3) is 0 Å². The van der Waals surface area contributed by atoms with Crippen molar-refractivity contribution < 1.29 is 9.50 Å². The molecule has 17 heavy (non-hydrogen) atoms. The van der Waals surface area contributed by atoms with Gasteiger partial charge in [0.15, 0.2) is 0 Å². The molecule has 1 aromatic carbocycles. The first-order chi connectivity index (χ1) is 7.97. The van der Waals surface area contributed by atoms with Gasteiger partial charge in [-0.25, -0.2) is 4.39 Å². The van der Waals surface area contributed by atoms with Gasteiger partial charge in [0, 0.05) is 11.3 Å². The summed E-state index contributed by atoms with van der Waals surface area (Å²) in [6.45, 7) is 1.73. The summed E-state index contributed by atoms with van der Waals surface area (Å²) in [4.78, 5) is 0.812. The molecule has 90 valence electrons. The number of hydrogen-bond donors (Lipinski definition) is 1. The Kier molecular flexibility index (Phi) is 3.52. The summed E-state index contributed by atoms with van der Waals surface area (Å²) in [5, 5.41) is 10.4. The summed E-state index contributed by atoms with van der Waals surface area (Å²) in [7, 11) is 0. The molecule has 1 atom stereocenters. The molecule has 0 radical (unpaired) electrons. The fourth-order valence-corrected chi connectivity index (χ4v) is 2.78. The molecule has 0 aliphatic heterocycles. The Morgan fingerprint density at radius 3 is 2.41 bits per heavy atom. The predicted molar refractivity (Wildman–Crippen MR) is 69.0 cm³/mol. The molecule has 0 aliphatic rings. The molecule has 2 rings (SSSR count). The molecular weight excluding hydrogens is 259 g/mol. The average molecular weight is 271 g/mol. The lowest BCUT2D eigenvalue weighted by Crippen LogP contribution is -2.22. The van der Waals surface area contributed by atoms with Crippen molar-refractivity contribution in [3.05, 3.63) is 57.0 Å². The maximum Gasteiger partial charge on any atom is 0.123 e. The van der Waals surface area contributed by atoms with Crippen molar-refractivity contribution in [2.45, 2.75) is 18.9 Å². The van der Waals surface area contributed by atoms with Gasteiger partial charge in [-0.1, -0.05) is 23.7 Å². The third-order valence-corrected chi connectivity index (χ3v) is 4.05. The van der Waals surface area contributed by atoms with Crippen molar-refractivity contribution >= 4 is 22.9 Å². The quantitative estimate of drug-likeness (QED) is 0.894. The van der Waals surface area contributed by atoms with Crippen LogP contribution >= 0.6 is 22.9 Å². The number of rotatable bonds is 3. The van der Waals surface area contributed by atoms with Gasteiger partial charge in [-0.3, -0.25) is 0 Å². The van der Waals surface area contributed by atoms with E-state index in [4.69, 9.17) is 11.6 Å². The molecule has 0 saturated carbocycles. The van der Waals surface area contributed by atoms with Crippen LogP contribution in [0.3, 0.4) is 0 Å². The van der Waals surface area contributed by atoms with E-state index in [1.54, 1.807) is 25.1 Å². The Bertz CT molecular complexity index is 504. The minimum atomic E-state index is -0.977. The molecule has 0 saturated heterocycles. The first kappa shape index (κ1) is 12.6. The summed E-state index contributed by atoms with van der Waals surface area (Å²) >= 11 is 7.21. The van der Waals surface area contributed by atoms with Crippen LogP contribution in [0.4, 0.5) is 4.39 Å². The van der Waals surface area contributed by atoms with Crippen LogP contribution < -0.4 is 0 Å². The topological polar surface area (TPSA) is 20.2 Å². The Hall–Kier alpha value is -0.900. The summed E-state index contributed by atoms with van der Waals surface area (Å²) in [6, 6.07) is 9.73. The largest absolute Gasteiger partial charge is 0.384 e. The van der Waals surface area contributed by atoms with Crippen molar-refractivity contribution in [2.24, 2.45) is 0 Å². The minimum Gasteiger partial charge on any atom is -0.384 e. The maximum atomic E-state index is 12.8. The molecule has 2 aromatic rings. The first-order valence-electron chi connectivity index (χ1n) is 5.20. The summed E-state index contributed by atoms with van der Waals surface area (Å²) in [5.41, 5.74) is -0.0868. The van der Waals surface area contributed by atoms with Crippen LogP contribution in [0.15, 0.2) is 36.4 Å². The van der Waals surface area contributed by atoms with Gasteiger partial charge >= 0.3 is 0 Å². The van der Waals surface area contributed by atoms with Crippen LogP contribution in [0.5, 0.6) is 0 Å². The zero-order valence-electron chi connectivity index (χ0n) is 9.28. The Labute approximate surface area is 108 Å². The SMILES string of the molecule is CC(O)(Cc1ccc(F)cc1)c1ccc(Cl)s1. The van der Waals surface area contributed by atoms with Gasteiger partial charge in [0.1, 0.15) is 11.4 Å². The molecule has 4 heteroatoms. The number of thiophene rings is 1. The normalized spacial score (nSPS) is 14.6. The molecule has 0 fully saturated rings. The standard InChI is InChI=1S/C13H12ClFOS/c1-13(16,11-6-7-12(14)17-11)8-9-2-4-10(15)5-3-9/h2-7,16H,8H2,1H3. The highest BCUT2D eigenvalue weighted by Gasteiger charge is 2.25. The summed E-state index contributed by atoms with van der Waals surface area (Å²) in [6.07, 6.45) is 0.435. The van der Waals surface area contributed by atoms with Crippen LogP contribution in [-0.4, -0.2) is 5.11 Å². The van der Waals surface area contributed by atoms with Crippen LogP contribution in [0, 0.1) is 5.82 Å². The van der Waals surface area contributed by atoms with Crippen LogP contribution in [0.1, 0.15) is 17.4 Å². The second kappa shape index (κ2) is 4.77. The molecular formula is C13H12ClFOS. The van der Waals surface area contributed by atoms with E-state index >= 15 is 0 Å². The second-order valence-electron chi connectivity index (χ2n) is 4.18. The van der Waals surface area contributed by atoms with Gasteiger partial charge in [-0.2, -0.15) is 0 Å². The lowest BCUT2D eigenvalue weighted by molar-refractivity contribution is 0.0615. The van der Waals surface area contributed by atoms with Crippen molar-refractivity contribution in [1.82, 2.24) is 0 Å². The smallest absolute Gasteiger partial charge is 0.123 e. The third kappa shape index (κ3) is 3.06. The van der Waals surface area contributed by atoms with Gasteiger partial charge in [-0.05, 0) is 36.8 Å². The molecule has 0 amide bonds. The highest BCUT2D eigenvalue weighted by Crippen LogP contribution is 2.33. The van der Waals surface area contributed by atoms with Crippen molar-refractivity contribution in [2.75, 3.05) is 0 Å². The lowest BCUT2D eigenvalue weighted by Gasteiger charge is -2.21. The monoisotopic (exact) mass is 270 g/mol. The second-order valence-corrected chi connectivity index (χ2v) is 5.90. The van der Waals surface area contributed by atoms with Crippen molar-refractivity contribution in [3.63, 3.8) is 0 Å². The Morgan fingerprint density at radius 1 is 1.24 bits per heavy atom. The molecule has 1 aromatic heterocycles. The summed E-state index contributed by atoms with van der Waals surface area (Å²) < 4.78 is 13.4. The molecule has 1 nitrogen and oxygen atoms in total. The highest BCUT2D eigenvalue weighted by atomic mass is 35.5. The number of benzene rings is 1. The van der Waals surface area contributed by atoms with Gasteiger partial charge in [0.2, 0.25) is 0 Å². The molecule has 1 N–H and O–H groups in total. The first-order valence-corrected chi connectivity index (χ1v) is 6.39. The highest BCUT2D eigenvalue weighted by molar-refractivity contribution is 7.16. The Morgan fingerprint density at radius 2 is 1.88 bits per heavy atom. The number of aliphatic hydroxyl groups is 1. The van der Waals surface area contributed by atoms with E-state index < -0.39 is 5.60 Å². The van der Waals surface area contributed by atoms with E-state index in [0.717, 1.165) is 10.4 Å². The van der Waals surface area contributed by atoms with Gasteiger partial charge in [0.25, 0.3) is 0 Å². The minimum absolute atomic E-state index is 0.271. The molecule has 1 unspecified atom stereocenters. The van der Waals surface area contributed by atoms with E-state index in [1.165, 1.54) is 23.5 Å². The van der Waals surface area contributed by atoms with E-state index in [0.29, 0.717) is 10.8 Å². The third-order valence-electron chi connectivity index (χ3n) is 2.57. The molecule has 1 heterocycles. The molecule has 0 aliphatic carbocycles. The van der Waals surface area contributed by atoms with Crippen molar-refractivity contribution in [1.29, 1.82) is 0 Å². The molecule has 0 bridgehead atoms. The van der Waals surface area contributed by atoms with Crippen LogP contribution in [-0.2, 0) is 12.0 Å². The van der Waals surface area contributed by atoms with E-state index in [1.807, 2.05) is 6.07 Å². The zero-order chi connectivity index (χ0) is 12.5. The zero-order valence-corrected chi connectivity index (χ0v) is 10.9. The fourth-order valence-electron chi connectivity index (χ4n) is 1.69. The van der Waals surface area contributed by atoms with Crippen molar-refractivity contribution in [3.8, 4) is 0 Å². The Balaban J connectivity index is 2.19. The number of halogens is 2.